The largest absolute Gasteiger partial charge is 0.455 e. The molecule has 0 aliphatic rings. The SMILES string of the molecule is O=c1c(-c2ccccc2)c(-c2ccccc2)oc2cc(S)ccc12. The van der Waals surface area contributed by atoms with Crippen LogP contribution >= 0.6 is 12.6 Å². The molecule has 4 aromatic rings. The summed E-state index contributed by atoms with van der Waals surface area (Å²) in [6.07, 6.45) is 0. The van der Waals surface area contributed by atoms with E-state index in [0.717, 1.165) is 16.0 Å². The van der Waals surface area contributed by atoms with E-state index < -0.39 is 0 Å². The van der Waals surface area contributed by atoms with Crippen LogP contribution in [0.3, 0.4) is 0 Å². The van der Waals surface area contributed by atoms with Gasteiger partial charge in [-0.3, -0.25) is 4.79 Å². The van der Waals surface area contributed by atoms with Gasteiger partial charge in [-0.2, -0.15) is 0 Å². The number of fused-ring (bicyclic) bond motifs is 1. The Bertz CT molecular complexity index is 1070. The molecule has 0 bridgehead atoms. The van der Waals surface area contributed by atoms with Gasteiger partial charge in [-0.1, -0.05) is 60.7 Å². The van der Waals surface area contributed by atoms with Gasteiger partial charge in [-0.15, -0.1) is 12.6 Å². The van der Waals surface area contributed by atoms with Gasteiger partial charge in [0.05, 0.1) is 10.9 Å². The lowest BCUT2D eigenvalue weighted by atomic mass is 9.98. The Morgan fingerprint density at radius 1 is 0.750 bits per heavy atom. The van der Waals surface area contributed by atoms with Crippen molar-refractivity contribution in [1.82, 2.24) is 0 Å². The van der Waals surface area contributed by atoms with Crippen LogP contribution in [0.25, 0.3) is 33.4 Å². The number of hydrogen-bond donors (Lipinski definition) is 1. The zero-order chi connectivity index (χ0) is 16.5. The molecule has 2 nitrogen and oxygen atoms in total. The van der Waals surface area contributed by atoms with E-state index >= 15 is 0 Å². The predicted molar refractivity (Wildman–Crippen MR) is 101 cm³/mol. The van der Waals surface area contributed by atoms with Crippen molar-refractivity contribution < 1.29 is 4.42 Å². The molecule has 0 aliphatic carbocycles. The zero-order valence-corrected chi connectivity index (χ0v) is 13.7. The monoisotopic (exact) mass is 330 g/mol. The molecule has 0 saturated heterocycles. The van der Waals surface area contributed by atoms with E-state index in [2.05, 4.69) is 12.6 Å². The Balaban J connectivity index is 2.14. The maximum atomic E-state index is 13.1. The minimum Gasteiger partial charge on any atom is -0.455 e. The van der Waals surface area contributed by atoms with E-state index in [1.165, 1.54) is 0 Å². The molecule has 0 aliphatic heterocycles. The van der Waals surface area contributed by atoms with Crippen LogP contribution in [0.15, 0.2) is 93.0 Å². The Kier molecular flexibility index (Phi) is 3.71. The van der Waals surface area contributed by atoms with E-state index in [4.69, 9.17) is 4.42 Å². The van der Waals surface area contributed by atoms with Crippen LogP contribution in [0.2, 0.25) is 0 Å². The minimum absolute atomic E-state index is 0.0327. The van der Waals surface area contributed by atoms with Crippen LogP contribution in [0.4, 0.5) is 0 Å². The maximum absolute atomic E-state index is 13.1. The van der Waals surface area contributed by atoms with Crippen LogP contribution in [0.5, 0.6) is 0 Å². The Morgan fingerprint density at radius 2 is 1.38 bits per heavy atom. The summed E-state index contributed by atoms with van der Waals surface area (Å²) in [5, 5.41) is 0.561. The smallest absolute Gasteiger partial charge is 0.201 e. The number of rotatable bonds is 2. The molecule has 3 aromatic carbocycles. The third-order valence-electron chi connectivity index (χ3n) is 3.97. The number of benzene rings is 3. The van der Waals surface area contributed by atoms with Gasteiger partial charge in [-0.25, -0.2) is 0 Å². The third kappa shape index (κ3) is 2.53. The first-order valence-corrected chi connectivity index (χ1v) is 8.09. The summed E-state index contributed by atoms with van der Waals surface area (Å²) in [5.41, 5.74) is 2.82. The molecule has 1 heterocycles. The molecule has 0 fully saturated rings. The van der Waals surface area contributed by atoms with Crippen molar-refractivity contribution in [3.63, 3.8) is 0 Å². The van der Waals surface area contributed by atoms with E-state index in [0.29, 0.717) is 22.3 Å². The van der Waals surface area contributed by atoms with Crippen molar-refractivity contribution in [2.75, 3.05) is 0 Å². The van der Waals surface area contributed by atoms with E-state index in [-0.39, 0.29) is 5.43 Å². The minimum atomic E-state index is -0.0327. The third-order valence-corrected chi connectivity index (χ3v) is 4.25. The molecular formula is C21H14O2S. The highest BCUT2D eigenvalue weighted by atomic mass is 32.1. The normalized spacial score (nSPS) is 10.9. The molecule has 3 heteroatoms. The molecule has 116 valence electrons. The van der Waals surface area contributed by atoms with Gasteiger partial charge in [0, 0.05) is 10.5 Å². The summed E-state index contributed by atoms with van der Waals surface area (Å²) in [4.78, 5) is 13.9. The Morgan fingerprint density at radius 3 is 2.04 bits per heavy atom. The van der Waals surface area contributed by atoms with Gasteiger partial charge < -0.3 is 4.42 Å². The van der Waals surface area contributed by atoms with Crippen LogP contribution in [-0.4, -0.2) is 0 Å². The van der Waals surface area contributed by atoms with Crippen molar-refractivity contribution in [3.05, 3.63) is 89.1 Å². The summed E-state index contributed by atoms with van der Waals surface area (Å²) in [6, 6.07) is 24.7. The Hall–Kier alpha value is -2.78. The fraction of sp³-hybridized carbons (Fsp3) is 0. The van der Waals surface area contributed by atoms with Crippen molar-refractivity contribution in [2.45, 2.75) is 4.90 Å². The van der Waals surface area contributed by atoms with Crippen molar-refractivity contribution in [3.8, 4) is 22.5 Å². The van der Waals surface area contributed by atoms with Gasteiger partial charge >= 0.3 is 0 Å². The summed E-state index contributed by atoms with van der Waals surface area (Å²) in [5.74, 6) is 0.582. The highest BCUT2D eigenvalue weighted by molar-refractivity contribution is 7.80. The summed E-state index contributed by atoms with van der Waals surface area (Å²) < 4.78 is 6.15. The number of hydrogen-bond acceptors (Lipinski definition) is 3. The summed E-state index contributed by atoms with van der Waals surface area (Å²) in [7, 11) is 0. The maximum Gasteiger partial charge on any atom is 0.201 e. The molecule has 0 spiro atoms. The lowest BCUT2D eigenvalue weighted by Crippen LogP contribution is -2.07. The van der Waals surface area contributed by atoms with Gasteiger partial charge in [0.25, 0.3) is 0 Å². The second-order valence-corrected chi connectivity index (χ2v) is 6.06. The molecular weight excluding hydrogens is 316 g/mol. The molecule has 0 atom stereocenters. The Labute approximate surface area is 144 Å². The fourth-order valence-corrected chi connectivity index (χ4v) is 3.03. The van der Waals surface area contributed by atoms with E-state index in [9.17, 15) is 4.79 Å². The number of thiol groups is 1. The van der Waals surface area contributed by atoms with Crippen molar-refractivity contribution in [1.29, 1.82) is 0 Å². The average molecular weight is 330 g/mol. The molecule has 0 N–H and O–H groups in total. The van der Waals surface area contributed by atoms with Crippen molar-refractivity contribution >= 4 is 23.6 Å². The highest BCUT2D eigenvalue weighted by Crippen LogP contribution is 2.32. The molecule has 1 aromatic heterocycles. The van der Waals surface area contributed by atoms with Crippen LogP contribution in [0, 0.1) is 0 Å². The quantitative estimate of drug-likeness (QED) is 0.498. The zero-order valence-electron chi connectivity index (χ0n) is 12.8. The van der Waals surface area contributed by atoms with Gasteiger partial charge in [0.2, 0.25) is 5.43 Å². The second kappa shape index (κ2) is 6.02. The molecule has 4 rings (SSSR count). The van der Waals surface area contributed by atoms with Gasteiger partial charge in [0.1, 0.15) is 11.3 Å². The molecule has 0 unspecified atom stereocenters. The molecule has 24 heavy (non-hydrogen) atoms. The van der Waals surface area contributed by atoms with Crippen LogP contribution in [0.1, 0.15) is 0 Å². The van der Waals surface area contributed by atoms with Crippen LogP contribution < -0.4 is 5.43 Å². The van der Waals surface area contributed by atoms with Crippen LogP contribution in [-0.2, 0) is 0 Å². The summed E-state index contributed by atoms with van der Waals surface area (Å²) in [6.45, 7) is 0. The highest BCUT2D eigenvalue weighted by Gasteiger charge is 2.17. The van der Waals surface area contributed by atoms with Gasteiger partial charge in [-0.05, 0) is 23.8 Å². The lowest BCUT2D eigenvalue weighted by Gasteiger charge is -2.11. The van der Waals surface area contributed by atoms with Gasteiger partial charge in [0.15, 0.2) is 0 Å². The standard InChI is InChI=1S/C21H14O2S/c22-20-17-12-11-16(24)13-18(17)23-21(15-9-5-2-6-10-15)19(20)14-7-3-1-4-8-14/h1-13,24H. The fourth-order valence-electron chi connectivity index (χ4n) is 2.84. The predicted octanol–water partition coefficient (Wildman–Crippen LogP) is 5.42. The second-order valence-electron chi connectivity index (χ2n) is 5.55. The average Bonchev–Trinajstić information content (AvgIpc) is 2.63. The summed E-state index contributed by atoms with van der Waals surface area (Å²) >= 11 is 4.35. The molecule has 0 radical (unpaired) electrons. The molecule has 0 saturated carbocycles. The lowest BCUT2D eigenvalue weighted by molar-refractivity contribution is 0.620. The van der Waals surface area contributed by atoms with E-state index in [1.807, 2.05) is 60.7 Å². The van der Waals surface area contributed by atoms with Crippen molar-refractivity contribution in [2.24, 2.45) is 0 Å². The first-order chi connectivity index (χ1) is 11.7. The first kappa shape index (κ1) is 14.8. The van der Waals surface area contributed by atoms with E-state index in [1.54, 1.807) is 18.2 Å². The molecule has 0 amide bonds. The topological polar surface area (TPSA) is 30.2 Å². The first-order valence-electron chi connectivity index (χ1n) is 7.65.